The van der Waals surface area contributed by atoms with E-state index < -0.39 is 5.82 Å². The van der Waals surface area contributed by atoms with Crippen LogP contribution in [0.1, 0.15) is 0 Å². The first-order valence-electron chi connectivity index (χ1n) is 2.58. The maximum Gasteiger partial charge on any atom is 0.182 e. The minimum atomic E-state index is -0.419. The lowest BCUT2D eigenvalue weighted by Crippen LogP contribution is -1.89. The van der Waals surface area contributed by atoms with Crippen molar-refractivity contribution < 1.29 is 9.13 Å². The maximum atomic E-state index is 12.8. The van der Waals surface area contributed by atoms with Crippen LogP contribution in [0, 0.1) is 5.82 Å². The van der Waals surface area contributed by atoms with Crippen LogP contribution >= 0.6 is 15.9 Å². The van der Waals surface area contributed by atoms with E-state index in [0.29, 0.717) is 4.47 Å². The first kappa shape index (κ1) is 7.47. The number of nitrogens with zero attached hydrogens (tertiary/aromatic N) is 1. The number of halogens is 2. The van der Waals surface area contributed by atoms with Crippen LogP contribution in [0.15, 0.2) is 16.9 Å². The van der Waals surface area contributed by atoms with Gasteiger partial charge in [0, 0.05) is 6.20 Å². The summed E-state index contributed by atoms with van der Waals surface area (Å²) in [7, 11) is 1.40. The molecule has 0 N–H and O–H groups in total. The summed E-state index contributed by atoms with van der Waals surface area (Å²) >= 11 is 2.97. The molecule has 0 unspecified atom stereocenters. The molecule has 4 heteroatoms. The number of hydrogen-bond acceptors (Lipinski definition) is 2. The van der Waals surface area contributed by atoms with Gasteiger partial charge in [0.2, 0.25) is 0 Å². The third kappa shape index (κ3) is 1.26. The van der Waals surface area contributed by atoms with Crippen LogP contribution in [0.5, 0.6) is 5.75 Å². The topological polar surface area (TPSA) is 22.1 Å². The highest BCUT2D eigenvalue weighted by molar-refractivity contribution is 9.10. The van der Waals surface area contributed by atoms with E-state index in [9.17, 15) is 4.39 Å². The van der Waals surface area contributed by atoms with Gasteiger partial charge in [-0.1, -0.05) is 0 Å². The molecule has 0 saturated heterocycles. The van der Waals surface area contributed by atoms with Crippen LogP contribution in [0.3, 0.4) is 0 Å². The maximum absolute atomic E-state index is 12.8. The molecule has 0 aliphatic carbocycles. The Bertz CT molecular complexity index is 241. The van der Waals surface area contributed by atoms with Crippen molar-refractivity contribution in [3.05, 3.63) is 22.7 Å². The van der Waals surface area contributed by atoms with Crippen LogP contribution in [0.25, 0.3) is 0 Å². The van der Waals surface area contributed by atoms with Crippen LogP contribution in [-0.2, 0) is 0 Å². The van der Waals surface area contributed by atoms with Crippen molar-refractivity contribution >= 4 is 15.9 Å². The highest BCUT2D eigenvalue weighted by atomic mass is 79.9. The van der Waals surface area contributed by atoms with Gasteiger partial charge in [-0.3, -0.25) is 4.98 Å². The summed E-state index contributed by atoms with van der Waals surface area (Å²) in [5, 5.41) is 0. The molecule has 0 bridgehead atoms. The van der Waals surface area contributed by atoms with Gasteiger partial charge in [-0.25, -0.2) is 4.39 Å². The monoisotopic (exact) mass is 205 g/mol. The number of ether oxygens (including phenoxy) is 1. The van der Waals surface area contributed by atoms with Gasteiger partial charge >= 0.3 is 0 Å². The Morgan fingerprint density at radius 3 is 2.80 bits per heavy atom. The fourth-order valence-corrected chi connectivity index (χ4v) is 0.857. The molecule has 1 aromatic heterocycles. The quantitative estimate of drug-likeness (QED) is 0.700. The van der Waals surface area contributed by atoms with Crippen molar-refractivity contribution in [2.24, 2.45) is 0 Å². The third-order valence-electron chi connectivity index (χ3n) is 1.03. The van der Waals surface area contributed by atoms with Crippen molar-refractivity contribution in [2.75, 3.05) is 7.11 Å². The number of pyridine rings is 1. The first-order valence-corrected chi connectivity index (χ1v) is 3.38. The zero-order valence-electron chi connectivity index (χ0n) is 5.27. The summed E-state index contributed by atoms with van der Waals surface area (Å²) < 4.78 is 17.8. The molecule has 0 aliphatic rings. The van der Waals surface area contributed by atoms with E-state index in [1.54, 1.807) is 0 Å². The molecule has 0 spiro atoms. The van der Waals surface area contributed by atoms with E-state index in [1.807, 2.05) is 0 Å². The van der Waals surface area contributed by atoms with E-state index in [-0.39, 0.29) is 5.75 Å². The molecule has 1 heterocycles. The van der Waals surface area contributed by atoms with Gasteiger partial charge in [0.1, 0.15) is 0 Å². The van der Waals surface area contributed by atoms with Crippen molar-refractivity contribution in [3.63, 3.8) is 0 Å². The lowest BCUT2D eigenvalue weighted by Gasteiger charge is -1.99. The van der Waals surface area contributed by atoms with Gasteiger partial charge in [0.15, 0.2) is 11.6 Å². The molecular formula is C6H5BrFNO. The van der Waals surface area contributed by atoms with Gasteiger partial charge < -0.3 is 4.74 Å². The third-order valence-corrected chi connectivity index (χ3v) is 1.58. The molecule has 0 amide bonds. The number of methoxy groups -OCH3 is 1. The first-order chi connectivity index (χ1) is 4.75. The van der Waals surface area contributed by atoms with E-state index in [4.69, 9.17) is 0 Å². The second-order valence-electron chi connectivity index (χ2n) is 1.64. The standard InChI is InChI=1S/C6H5BrFNO/c1-10-5-3-9-2-4(7)6(5)8/h2-3H,1H3. The molecular weight excluding hydrogens is 201 g/mol. The molecule has 54 valence electrons. The molecule has 1 aromatic rings. The summed E-state index contributed by atoms with van der Waals surface area (Å²) in [4.78, 5) is 3.70. The predicted molar refractivity (Wildman–Crippen MR) is 38.4 cm³/mol. The number of aromatic nitrogens is 1. The molecule has 2 nitrogen and oxygen atoms in total. The molecule has 10 heavy (non-hydrogen) atoms. The van der Waals surface area contributed by atoms with E-state index >= 15 is 0 Å². The van der Waals surface area contributed by atoms with Crippen molar-refractivity contribution in [3.8, 4) is 5.75 Å². The predicted octanol–water partition coefficient (Wildman–Crippen LogP) is 1.99. The Labute approximate surface area is 66.2 Å². The smallest absolute Gasteiger partial charge is 0.182 e. The second-order valence-corrected chi connectivity index (χ2v) is 2.49. The molecule has 0 aliphatic heterocycles. The zero-order valence-corrected chi connectivity index (χ0v) is 6.85. The van der Waals surface area contributed by atoms with Gasteiger partial charge in [0.25, 0.3) is 0 Å². The SMILES string of the molecule is COc1cncc(Br)c1F. The van der Waals surface area contributed by atoms with Crippen molar-refractivity contribution in [1.82, 2.24) is 4.98 Å². The Morgan fingerprint density at radius 2 is 2.30 bits per heavy atom. The molecule has 0 fully saturated rings. The summed E-state index contributed by atoms with van der Waals surface area (Å²) in [5.74, 6) is -0.271. The lowest BCUT2D eigenvalue weighted by atomic mass is 10.4. The van der Waals surface area contributed by atoms with Crippen LogP contribution in [0.4, 0.5) is 4.39 Å². The molecule has 1 rings (SSSR count). The van der Waals surface area contributed by atoms with E-state index in [2.05, 4.69) is 25.7 Å². The average Bonchev–Trinajstić information content (AvgIpc) is 1.95. The summed E-state index contributed by atoms with van der Waals surface area (Å²) in [5.41, 5.74) is 0. The largest absolute Gasteiger partial charge is 0.492 e. The molecule has 0 saturated carbocycles. The number of rotatable bonds is 1. The Hall–Kier alpha value is -0.640. The van der Waals surface area contributed by atoms with Crippen molar-refractivity contribution in [2.45, 2.75) is 0 Å². The zero-order chi connectivity index (χ0) is 7.56. The van der Waals surface area contributed by atoms with E-state index in [0.717, 1.165) is 0 Å². The van der Waals surface area contributed by atoms with Crippen molar-refractivity contribution in [1.29, 1.82) is 0 Å². The highest BCUT2D eigenvalue weighted by Crippen LogP contribution is 2.21. The van der Waals surface area contributed by atoms with E-state index in [1.165, 1.54) is 19.5 Å². The number of hydrogen-bond donors (Lipinski definition) is 0. The van der Waals surface area contributed by atoms with Gasteiger partial charge in [-0.05, 0) is 15.9 Å². The average molecular weight is 206 g/mol. The lowest BCUT2D eigenvalue weighted by molar-refractivity contribution is 0.383. The Morgan fingerprint density at radius 1 is 1.60 bits per heavy atom. The second kappa shape index (κ2) is 2.96. The normalized spacial score (nSPS) is 9.50. The summed E-state index contributed by atoms with van der Waals surface area (Å²) in [6.07, 6.45) is 2.69. The van der Waals surface area contributed by atoms with Gasteiger partial charge in [-0.15, -0.1) is 0 Å². The van der Waals surface area contributed by atoms with Gasteiger partial charge in [-0.2, -0.15) is 0 Å². The minimum absolute atomic E-state index is 0.148. The molecule has 0 radical (unpaired) electrons. The molecule has 0 aromatic carbocycles. The van der Waals surface area contributed by atoms with Crippen LogP contribution in [-0.4, -0.2) is 12.1 Å². The van der Waals surface area contributed by atoms with Crippen LogP contribution < -0.4 is 4.74 Å². The Kier molecular flexibility index (Phi) is 2.21. The Balaban J connectivity index is 3.14. The summed E-state index contributed by atoms with van der Waals surface area (Å²) in [6.45, 7) is 0. The fourth-order valence-electron chi connectivity index (χ4n) is 0.544. The molecule has 0 atom stereocenters. The fraction of sp³-hybridized carbons (Fsp3) is 0.167. The summed E-state index contributed by atoms with van der Waals surface area (Å²) in [6, 6.07) is 0. The highest BCUT2D eigenvalue weighted by Gasteiger charge is 2.04. The van der Waals surface area contributed by atoms with Gasteiger partial charge in [0.05, 0.1) is 17.8 Å². The minimum Gasteiger partial charge on any atom is -0.492 e. The van der Waals surface area contributed by atoms with Crippen LogP contribution in [0.2, 0.25) is 0 Å².